The van der Waals surface area contributed by atoms with Gasteiger partial charge in [-0.15, -0.1) is 0 Å². The van der Waals surface area contributed by atoms with E-state index < -0.39 is 17.6 Å². The number of nitrogens with zero attached hydrogens (tertiary/aromatic N) is 2. The van der Waals surface area contributed by atoms with Gasteiger partial charge in [0.25, 0.3) is 11.8 Å². The minimum atomic E-state index is -4.44. The maximum absolute atomic E-state index is 13.2. The molecule has 4 aromatic carbocycles. The molecule has 0 aliphatic heterocycles. The summed E-state index contributed by atoms with van der Waals surface area (Å²) in [6.07, 6.45) is -2.93. The number of nitrogens with one attached hydrogen (secondary N) is 1. The Morgan fingerprint density at radius 3 is 2.27 bits per heavy atom. The van der Waals surface area contributed by atoms with Crippen LogP contribution in [0.2, 0.25) is 0 Å². The third-order valence-electron chi connectivity index (χ3n) is 6.49. The second-order valence-corrected chi connectivity index (χ2v) is 9.35. The number of anilines is 1. The van der Waals surface area contributed by atoms with Gasteiger partial charge in [-0.1, -0.05) is 66.7 Å². The van der Waals surface area contributed by atoms with Crippen LogP contribution in [0.25, 0.3) is 22.0 Å². The zero-order valence-electron chi connectivity index (χ0n) is 21.4. The lowest BCUT2D eigenvalue weighted by atomic mass is 9.98. The minimum Gasteiger partial charge on any atom is -0.337 e. The van der Waals surface area contributed by atoms with E-state index in [2.05, 4.69) is 10.3 Å². The first-order valence-corrected chi connectivity index (χ1v) is 12.5. The largest absolute Gasteiger partial charge is 0.416 e. The van der Waals surface area contributed by atoms with Gasteiger partial charge in [-0.3, -0.25) is 14.6 Å². The predicted octanol–water partition coefficient (Wildman–Crippen LogP) is 7.45. The molecule has 0 atom stereocenters. The third-order valence-corrected chi connectivity index (χ3v) is 6.49. The summed E-state index contributed by atoms with van der Waals surface area (Å²) >= 11 is 0. The van der Waals surface area contributed by atoms with Gasteiger partial charge in [0, 0.05) is 36.4 Å². The number of hydrogen-bond acceptors (Lipinski definition) is 3. The first-order valence-electron chi connectivity index (χ1n) is 12.5. The Balaban J connectivity index is 1.33. The highest BCUT2D eigenvalue weighted by atomic mass is 19.4. The predicted molar refractivity (Wildman–Crippen MR) is 149 cm³/mol. The minimum absolute atomic E-state index is 0.157. The van der Waals surface area contributed by atoms with Gasteiger partial charge in [0.15, 0.2) is 0 Å². The smallest absolute Gasteiger partial charge is 0.337 e. The number of pyridine rings is 1. The van der Waals surface area contributed by atoms with Crippen molar-refractivity contribution in [1.82, 2.24) is 9.88 Å². The Kier molecular flexibility index (Phi) is 7.33. The van der Waals surface area contributed by atoms with E-state index in [-0.39, 0.29) is 5.91 Å². The number of fused-ring (bicyclic) bond motifs is 1. The number of hydrogen-bond donors (Lipinski definition) is 1. The zero-order chi connectivity index (χ0) is 28.3. The van der Waals surface area contributed by atoms with Crippen molar-refractivity contribution in [2.75, 3.05) is 12.4 Å². The van der Waals surface area contributed by atoms with Crippen LogP contribution in [-0.2, 0) is 12.7 Å². The summed E-state index contributed by atoms with van der Waals surface area (Å²) < 4.78 is 38.9. The second kappa shape index (κ2) is 11.0. The van der Waals surface area contributed by atoms with Crippen molar-refractivity contribution >= 4 is 28.4 Å². The van der Waals surface area contributed by atoms with Gasteiger partial charge in [0.2, 0.25) is 0 Å². The van der Waals surface area contributed by atoms with Crippen molar-refractivity contribution in [3.8, 4) is 11.1 Å². The molecule has 0 spiro atoms. The van der Waals surface area contributed by atoms with Crippen molar-refractivity contribution in [3.05, 3.63) is 132 Å². The van der Waals surface area contributed by atoms with Crippen LogP contribution in [0.15, 0.2) is 109 Å². The molecule has 0 aliphatic rings. The Labute approximate surface area is 228 Å². The maximum Gasteiger partial charge on any atom is 0.416 e. The van der Waals surface area contributed by atoms with E-state index in [1.807, 2.05) is 30.3 Å². The Morgan fingerprint density at radius 1 is 0.850 bits per heavy atom. The van der Waals surface area contributed by atoms with Crippen LogP contribution < -0.4 is 5.32 Å². The molecule has 0 fully saturated rings. The molecule has 1 heterocycles. The molecule has 1 aromatic heterocycles. The van der Waals surface area contributed by atoms with E-state index in [1.54, 1.807) is 60.5 Å². The molecule has 8 heteroatoms. The van der Waals surface area contributed by atoms with Crippen LogP contribution in [0.5, 0.6) is 0 Å². The summed E-state index contributed by atoms with van der Waals surface area (Å²) in [5.74, 6) is -0.570. The van der Waals surface area contributed by atoms with Crippen LogP contribution in [0.1, 0.15) is 31.8 Å². The molecule has 0 unspecified atom stereocenters. The van der Waals surface area contributed by atoms with Gasteiger partial charge in [-0.2, -0.15) is 13.2 Å². The molecule has 0 saturated heterocycles. The SMILES string of the molecule is CN(Cc1ccccc1)C(=O)c1cnc2cc(NC(=O)c3ccccc3-c3ccc(C(F)(F)F)cc3)ccc2c1. The van der Waals surface area contributed by atoms with Gasteiger partial charge < -0.3 is 10.2 Å². The molecule has 0 aliphatic carbocycles. The lowest BCUT2D eigenvalue weighted by Crippen LogP contribution is -2.26. The lowest BCUT2D eigenvalue weighted by Gasteiger charge is -2.17. The molecule has 0 radical (unpaired) electrons. The standard InChI is InChI=1S/C32H24F3N3O2/c1-38(20-21-7-3-2-4-8-21)31(40)24-17-23-13-16-26(18-29(23)36-19-24)37-30(39)28-10-6-5-9-27(28)22-11-14-25(15-12-22)32(33,34)35/h2-19H,20H2,1H3,(H,37,39). The number of benzene rings is 4. The third kappa shape index (κ3) is 5.86. The normalized spacial score (nSPS) is 11.3. The fraction of sp³-hybridized carbons (Fsp3) is 0.0938. The number of alkyl halides is 3. The van der Waals surface area contributed by atoms with Crippen LogP contribution in [0, 0.1) is 0 Å². The lowest BCUT2D eigenvalue weighted by molar-refractivity contribution is -0.137. The number of halogens is 3. The highest BCUT2D eigenvalue weighted by Gasteiger charge is 2.30. The molecular weight excluding hydrogens is 515 g/mol. The molecule has 5 nitrogen and oxygen atoms in total. The van der Waals surface area contributed by atoms with Crippen molar-refractivity contribution in [1.29, 1.82) is 0 Å². The molecule has 0 bridgehead atoms. The monoisotopic (exact) mass is 539 g/mol. The van der Waals surface area contributed by atoms with E-state index in [0.29, 0.717) is 40.0 Å². The molecule has 40 heavy (non-hydrogen) atoms. The average molecular weight is 540 g/mol. The Bertz CT molecular complexity index is 1680. The first-order chi connectivity index (χ1) is 19.2. The Morgan fingerprint density at radius 2 is 1.55 bits per heavy atom. The second-order valence-electron chi connectivity index (χ2n) is 9.35. The van der Waals surface area contributed by atoms with Gasteiger partial charge in [-0.25, -0.2) is 0 Å². The molecule has 2 amide bonds. The van der Waals surface area contributed by atoms with Crippen molar-refractivity contribution in [3.63, 3.8) is 0 Å². The molecule has 0 saturated carbocycles. The molecule has 5 aromatic rings. The van der Waals surface area contributed by atoms with Crippen molar-refractivity contribution in [2.24, 2.45) is 0 Å². The topological polar surface area (TPSA) is 62.3 Å². The molecular formula is C32H24F3N3O2. The molecule has 1 N–H and O–H groups in total. The van der Waals surface area contributed by atoms with Gasteiger partial charge in [0.05, 0.1) is 16.6 Å². The van der Waals surface area contributed by atoms with E-state index in [4.69, 9.17) is 0 Å². The first kappa shape index (κ1) is 26.6. The van der Waals surface area contributed by atoms with Crippen LogP contribution in [0.3, 0.4) is 0 Å². The van der Waals surface area contributed by atoms with Crippen LogP contribution in [0.4, 0.5) is 18.9 Å². The highest BCUT2D eigenvalue weighted by molar-refractivity contribution is 6.09. The number of carbonyl (C=O) groups is 2. The van der Waals surface area contributed by atoms with E-state index in [0.717, 1.165) is 23.1 Å². The summed E-state index contributed by atoms with van der Waals surface area (Å²) in [6, 6.07) is 28.1. The van der Waals surface area contributed by atoms with Crippen molar-refractivity contribution < 1.29 is 22.8 Å². The molecule has 5 rings (SSSR count). The Hall–Kier alpha value is -4.98. The van der Waals surface area contributed by atoms with Crippen molar-refractivity contribution in [2.45, 2.75) is 12.7 Å². The summed E-state index contributed by atoms with van der Waals surface area (Å²) in [7, 11) is 1.74. The van der Waals surface area contributed by atoms with E-state index in [1.165, 1.54) is 18.3 Å². The maximum atomic E-state index is 13.2. The van der Waals surface area contributed by atoms with Gasteiger partial charge in [0.1, 0.15) is 0 Å². The highest BCUT2D eigenvalue weighted by Crippen LogP contribution is 2.32. The number of amides is 2. The van der Waals surface area contributed by atoms with Crippen LogP contribution >= 0.6 is 0 Å². The number of aromatic nitrogens is 1. The molecule has 200 valence electrons. The van der Waals surface area contributed by atoms with Gasteiger partial charge >= 0.3 is 6.18 Å². The number of carbonyl (C=O) groups excluding carboxylic acids is 2. The summed E-state index contributed by atoms with van der Waals surface area (Å²) in [5, 5.41) is 3.58. The van der Waals surface area contributed by atoms with Crippen LogP contribution in [-0.4, -0.2) is 28.7 Å². The quantitative estimate of drug-likeness (QED) is 0.244. The van der Waals surface area contributed by atoms with E-state index in [9.17, 15) is 22.8 Å². The zero-order valence-corrected chi connectivity index (χ0v) is 21.4. The average Bonchev–Trinajstić information content (AvgIpc) is 2.96. The summed E-state index contributed by atoms with van der Waals surface area (Å²) in [5.41, 5.74) is 3.13. The van der Waals surface area contributed by atoms with Gasteiger partial charge in [-0.05, 0) is 53.1 Å². The summed E-state index contributed by atoms with van der Waals surface area (Å²) in [4.78, 5) is 32.2. The van der Waals surface area contributed by atoms with E-state index >= 15 is 0 Å². The fourth-order valence-corrected chi connectivity index (χ4v) is 4.44. The number of rotatable bonds is 6. The summed E-state index contributed by atoms with van der Waals surface area (Å²) in [6.45, 7) is 0.469. The fourth-order valence-electron chi connectivity index (χ4n) is 4.44.